The lowest BCUT2D eigenvalue weighted by Crippen LogP contribution is -2.27. The predicted molar refractivity (Wildman–Crippen MR) is 250 cm³/mol. The van der Waals surface area contributed by atoms with E-state index in [1.54, 1.807) is 0 Å². The summed E-state index contributed by atoms with van der Waals surface area (Å²) in [5.74, 6) is 0. The Bertz CT molecular complexity index is 3070. The average Bonchev–Trinajstić information content (AvgIpc) is 3.71. The van der Waals surface area contributed by atoms with Crippen LogP contribution in [-0.4, -0.2) is 0 Å². The van der Waals surface area contributed by atoms with Crippen LogP contribution >= 0.6 is 0 Å². The highest BCUT2D eigenvalue weighted by Crippen LogP contribution is 2.49. The number of hydrogen-bond donors (Lipinski definition) is 1. The quantitative estimate of drug-likeness (QED) is 0.163. The van der Waals surface area contributed by atoms with Crippen molar-refractivity contribution in [2.75, 3.05) is 10.2 Å². The number of benzene rings is 9. The van der Waals surface area contributed by atoms with Crippen LogP contribution in [0.3, 0.4) is 0 Å². The van der Waals surface area contributed by atoms with Crippen molar-refractivity contribution in [1.82, 2.24) is 0 Å². The minimum absolute atomic E-state index is 0.0236. The first-order chi connectivity index (χ1) is 29.3. The molecule has 1 heterocycles. The summed E-state index contributed by atoms with van der Waals surface area (Å²) >= 11 is 0. The second-order valence-electron chi connectivity index (χ2n) is 15.6. The van der Waals surface area contributed by atoms with Crippen molar-refractivity contribution >= 4 is 32.9 Å². The van der Waals surface area contributed by atoms with Gasteiger partial charge in [-0.1, -0.05) is 194 Å². The molecular formula is C57H42N2. The van der Waals surface area contributed by atoms with Gasteiger partial charge in [0.25, 0.3) is 0 Å². The van der Waals surface area contributed by atoms with E-state index < -0.39 is 0 Å². The Balaban J connectivity index is 1.11. The van der Waals surface area contributed by atoms with Gasteiger partial charge in [0.15, 0.2) is 0 Å². The highest BCUT2D eigenvalue weighted by molar-refractivity contribution is 6.23. The third-order valence-corrected chi connectivity index (χ3v) is 12.2. The van der Waals surface area contributed by atoms with Gasteiger partial charge in [0.05, 0.1) is 11.4 Å². The molecule has 0 bridgehead atoms. The molecule has 2 aliphatic rings. The molecule has 1 aliphatic carbocycles. The van der Waals surface area contributed by atoms with Crippen LogP contribution in [0.1, 0.15) is 24.6 Å². The lowest BCUT2D eigenvalue weighted by atomic mass is 9.81. The first-order valence-electron chi connectivity index (χ1n) is 20.7. The maximum Gasteiger partial charge on any atom is 0.130 e. The summed E-state index contributed by atoms with van der Waals surface area (Å²) in [5, 5.41) is 8.81. The van der Waals surface area contributed by atoms with Crippen molar-refractivity contribution in [2.45, 2.75) is 19.0 Å². The van der Waals surface area contributed by atoms with Gasteiger partial charge in [-0.05, 0) is 120 Å². The van der Waals surface area contributed by atoms with Crippen molar-refractivity contribution in [3.8, 4) is 55.6 Å². The maximum absolute atomic E-state index is 3.84. The van der Waals surface area contributed by atoms with Crippen molar-refractivity contribution in [3.63, 3.8) is 0 Å². The van der Waals surface area contributed by atoms with Gasteiger partial charge in [0, 0.05) is 5.70 Å². The second kappa shape index (κ2) is 14.8. The van der Waals surface area contributed by atoms with Gasteiger partial charge < -0.3 is 10.2 Å². The van der Waals surface area contributed by atoms with Gasteiger partial charge in [0.1, 0.15) is 6.17 Å². The molecule has 59 heavy (non-hydrogen) atoms. The van der Waals surface area contributed by atoms with E-state index in [0.717, 1.165) is 12.8 Å². The van der Waals surface area contributed by atoms with Crippen LogP contribution in [-0.2, 0) is 0 Å². The van der Waals surface area contributed by atoms with Gasteiger partial charge in [-0.2, -0.15) is 0 Å². The summed E-state index contributed by atoms with van der Waals surface area (Å²) in [4.78, 5) is 2.49. The van der Waals surface area contributed by atoms with E-state index in [9.17, 15) is 0 Å². The molecule has 9 aromatic rings. The number of para-hydroxylation sites is 2. The highest BCUT2D eigenvalue weighted by Gasteiger charge is 2.32. The summed E-state index contributed by atoms with van der Waals surface area (Å²) in [7, 11) is 0. The summed E-state index contributed by atoms with van der Waals surface area (Å²) in [6, 6.07) is 73.5. The molecule has 0 amide bonds. The summed E-state index contributed by atoms with van der Waals surface area (Å²) < 4.78 is 0. The minimum Gasteiger partial charge on any atom is -0.359 e. The molecule has 9 aromatic carbocycles. The Kier molecular flexibility index (Phi) is 8.74. The third-order valence-electron chi connectivity index (χ3n) is 12.2. The van der Waals surface area contributed by atoms with Crippen molar-refractivity contribution in [2.24, 2.45) is 0 Å². The molecule has 2 heteroatoms. The van der Waals surface area contributed by atoms with E-state index in [2.05, 4.69) is 229 Å². The molecule has 0 saturated heterocycles. The van der Waals surface area contributed by atoms with E-state index >= 15 is 0 Å². The fraction of sp³-hybridized carbons (Fsp3) is 0.0526. The largest absolute Gasteiger partial charge is 0.359 e. The Morgan fingerprint density at radius 2 is 0.949 bits per heavy atom. The SMILES string of the molecule is C1=CCCC(N2c3ccccc3NC2c2ccc(-c3ccc4c(-c5ccccc5-c5ccccc5)c5ccccc5c(-c5ccccc5-c5ccccc5)c4c3)cc2)=C1. The molecule has 0 fully saturated rings. The summed E-state index contributed by atoms with van der Waals surface area (Å²) in [5.41, 5.74) is 17.2. The number of nitrogens with one attached hydrogen (secondary N) is 1. The zero-order valence-corrected chi connectivity index (χ0v) is 32.7. The Morgan fingerprint density at radius 3 is 1.58 bits per heavy atom. The van der Waals surface area contributed by atoms with Crippen LogP contribution in [0.15, 0.2) is 224 Å². The van der Waals surface area contributed by atoms with Gasteiger partial charge >= 0.3 is 0 Å². The number of fused-ring (bicyclic) bond motifs is 3. The van der Waals surface area contributed by atoms with Crippen LogP contribution in [0.5, 0.6) is 0 Å². The van der Waals surface area contributed by atoms with E-state index in [0.29, 0.717) is 0 Å². The molecule has 1 aliphatic heterocycles. The summed E-state index contributed by atoms with van der Waals surface area (Å²) in [6.07, 6.45) is 8.83. The van der Waals surface area contributed by atoms with Crippen LogP contribution in [0, 0.1) is 0 Å². The Labute approximate surface area is 346 Å². The van der Waals surface area contributed by atoms with Crippen molar-refractivity contribution in [1.29, 1.82) is 0 Å². The van der Waals surface area contributed by atoms with Crippen LogP contribution < -0.4 is 10.2 Å². The van der Waals surface area contributed by atoms with Gasteiger partial charge in [-0.3, -0.25) is 0 Å². The molecule has 0 spiro atoms. The standard InChI is InChI=1S/C57H42N2/c1-4-18-40(19-5-1)45-24-10-12-26-47(45)55-49-28-14-15-29-50(49)56(48-27-13-11-25-46(48)41-20-6-2-7-21-41)52-38-43(36-37-51(52)55)39-32-34-42(35-33-39)57-58-53-30-16-17-31-54(53)59(57)44-22-8-3-9-23-44/h1-8,10-22,24-38,57-58H,9,23H2. The number of anilines is 2. The minimum atomic E-state index is 0.0236. The topological polar surface area (TPSA) is 15.3 Å². The van der Waals surface area contributed by atoms with E-state index in [4.69, 9.17) is 0 Å². The van der Waals surface area contributed by atoms with Gasteiger partial charge in [-0.25, -0.2) is 0 Å². The number of allylic oxidation sites excluding steroid dienone is 4. The number of nitrogens with zero attached hydrogens (tertiary/aromatic N) is 1. The molecular weight excluding hydrogens is 713 g/mol. The Morgan fingerprint density at radius 1 is 0.424 bits per heavy atom. The van der Waals surface area contributed by atoms with E-state index in [1.807, 2.05) is 0 Å². The van der Waals surface area contributed by atoms with Crippen LogP contribution in [0.25, 0.3) is 77.2 Å². The van der Waals surface area contributed by atoms with Crippen LogP contribution in [0.2, 0.25) is 0 Å². The fourth-order valence-corrected chi connectivity index (χ4v) is 9.44. The lowest BCUT2D eigenvalue weighted by Gasteiger charge is -2.30. The normalized spacial score (nSPS) is 14.6. The van der Waals surface area contributed by atoms with E-state index in [-0.39, 0.29) is 6.17 Å². The molecule has 280 valence electrons. The molecule has 0 radical (unpaired) electrons. The lowest BCUT2D eigenvalue weighted by molar-refractivity contribution is 0.748. The number of rotatable bonds is 7. The molecule has 0 saturated carbocycles. The predicted octanol–water partition coefficient (Wildman–Crippen LogP) is 15.5. The molecule has 1 atom stereocenters. The number of hydrogen-bond acceptors (Lipinski definition) is 2. The monoisotopic (exact) mass is 754 g/mol. The fourth-order valence-electron chi connectivity index (χ4n) is 9.44. The first-order valence-corrected chi connectivity index (χ1v) is 20.7. The van der Waals surface area contributed by atoms with Crippen LogP contribution in [0.4, 0.5) is 11.4 Å². The van der Waals surface area contributed by atoms with Crippen molar-refractivity contribution in [3.05, 3.63) is 230 Å². The first kappa shape index (κ1) is 34.8. The smallest absolute Gasteiger partial charge is 0.130 e. The van der Waals surface area contributed by atoms with Gasteiger partial charge in [-0.15, -0.1) is 0 Å². The second-order valence-corrected chi connectivity index (χ2v) is 15.6. The molecule has 11 rings (SSSR count). The van der Waals surface area contributed by atoms with Gasteiger partial charge in [0.2, 0.25) is 0 Å². The maximum atomic E-state index is 3.84. The molecule has 0 aromatic heterocycles. The molecule has 1 N–H and O–H groups in total. The van der Waals surface area contributed by atoms with Crippen molar-refractivity contribution < 1.29 is 0 Å². The zero-order chi connectivity index (χ0) is 39.1. The molecule has 2 nitrogen and oxygen atoms in total. The Hall–Kier alpha value is -7.42. The van der Waals surface area contributed by atoms with E-state index in [1.165, 1.54) is 99.8 Å². The highest BCUT2D eigenvalue weighted by atomic mass is 15.3. The average molecular weight is 755 g/mol. The zero-order valence-electron chi connectivity index (χ0n) is 32.7. The molecule has 1 unspecified atom stereocenters. The summed E-state index contributed by atoms with van der Waals surface area (Å²) in [6.45, 7) is 0. The third kappa shape index (κ3) is 6.13.